The van der Waals surface area contributed by atoms with Gasteiger partial charge < -0.3 is 25.3 Å². The Hall–Kier alpha value is -2.37. The third-order valence-electron chi connectivity index (χ3n) is 3.36. The number of benzene rings is 2. The molecule has 0 aliphatic heterocycles. The average Bonchev–Trinajstić information content (AvgIpc) is 2.60. The van der Waals surface area contributed by atoms with Crippen LogP contribution in [0.25, 0.3) is 0 Å². The summed E-state index contributed by atoms with van der Waals surface area (Å²) < 4.78 is 53.3. The van der Waals surface area contributed by atoms with E-state index in [4.69, 9.17) is 15.2 Å². The van der Waals surface area contributed by atoms with E-state index >= 15 is 0 Å². The zero-order valence-corrected chi connectivity index (χ0v) is 16.9. The second kappa shape index (κ2) is 10.7. The minimum atomic E-state index is -3.07. The van der Waals surface area contributed by atoms with Crippen LogP contribution in [0.3, 0.4) is 0 Å². The van der Waals surface area contributed by atoms with Gasteiger partial charge in [0.05, 0.1) is 26.3 Å². The highest BCUT2D eigenvalue weighted by molar-refractivity contribution is 14.0. The Kier molecular flexibility index (Phi) is 8.98. The van der Waals surface area contributed by atoms with Gasteiger partial charge in [0.25, 0.3) is 0 Å². The van der Waals surface area contributed by atoms with Crippen molar-refractivity contribution < 1.29 is 27.4 Å². The molecule has 6 nitrogen and oxygen atoms in total. The molecule has 0 amide bonds. The number of halogens is 4. The highest BCUT2D eigenvalue weighted by atomic mass is 127. The third kappa shape index (κ3) is 6.38. The lowest BCUT2D eigenvalue weighted by Crippen LogP contribution is -2.22. The maximum Gasteiger partial charge on any atom is 0.387 e. The van der Waals surface area contributed by atoms with Crippen molar-refractivity contribution in [1.29, 1.82) is 0 Å². The van der Waals surface area contributed by atoms with Crippen molar-refractivity contribution in [3.63, 3.8) is 0 Å². The van der Waals surface area contributed by atoms with Gasteiger partial charge in [-0.2, -0.15) is 8.78 Å². The van der Waals surface area contributed by atoms with E-state index in [0.717, 1.165) is 6.07 Å². The van der Waals surface area contributed by atoms with E-state index in [1.807, 2.05) is 0 Å². The maximum absolute atomic E-state index is 13.9. The zero-order chi connectivity index (χ0) is 19.1. The second-order valence-electron chi connectivity index (χ2n) is 4.99. The first-order chi connectivity index (χ1) is 12.4. The van der Waals surface area contributed by atoms with E-state index < -0.39 is 12.4 Å². The molecule has 0 bridgehead atoms. The second-order valence-corrected chi connectivity index (χ2v) is 4.99. The molecule has 27 heavy (non-hydrogen) atoms. The molecule has 2 aromatic carbocycles. The van der Waals surface area contributed by atoms with Gasteiger partial charge in [-0.05, 0) is 24.3 Å². The average molecular weight is 497 g/mol. The van der Waals surface area contributed by atoms with E-state index in [2.05, 4.69) is 15.0 Å². The maximum atomic E-state index is 13.9. The van der Waals surface area contributed by atoms with Crippen molar-refractivity contribution in [2.24, 2.45) is 10.7 Å². The minimum Gasteiger partial charge on any atom is -0.493 e. The molecule has 0 saturated carbocycles. The smallest absolute Gasteiger partial charge is 0.387 e. The molecule has 0 spiro atoms. The fourth-order valence-corrected chi connectivity index (χ4v) is 2.16. The molecular formula is C17H19F3IN3O3. The van der Waals surface area contributed by atoms with Crippen molar-refractivity contribution in [3.8, 4) is 17.2 Å². The summed E-state index contributed by atoms with van der Waals surface area (Å²) in [6.45, 7) is -3.34. The molecule has 3 N–H and O–H groups in total. The van der Waals surface area contributed by atoms with Gasteiger partial charge in [0.1, 0.15) is 11.6 Å². The fourth-order valence-electron chi connectivity index (χ4n) is 2.16. The van der Waals surface area contributed by atoms with Gasteiger partial charge in [-0.25, -0.2) is 9.38 Å². The van der Waals surface area contributed by atoms with Crippen LogP contribution < -0.4 is 25.3 Å². The lowest BCUT2D eigenvalue weighted by Gasteiger charge is -2.12. The van der Waals surface area contributed by atoms with Gasteiger partial charge in [0, 0.05) is 11.8 Å². The van der Waals surface area contributed by atoms with Gasteiger partial charge in [-0.15, -0.1) is 24.0 Å². The summed E-state index contributed by atoms with van der Waals surface area (Å²) in [6, 6.07) is 8.61. The summed E-state index contributed by atoms with van der Waals surface area (Å²) >= 11 is 0. The Morgan fingerprint density at radius 1 is 1.11 bits per heavy atom. The van der Waals surface area contributed by atoms with Gasteiger partial charge in [-0.3, -0.25) is 0 Å². The summed E-state index contributed by atoms with van der Waals surface area (Å²) in [6.07, 6.45) is 0. The van der Waals surface area contributed by atoms with Crippen molar-refractivity contribution in [3.05, 3.63) is 47.8 Å². The largest absolute Gasteiger partial charge is 0.493 e. The van der Waals surface area contributed by atoms with E-state index in [9.17, 15) is 13.2 Å². The molecule has 2 rings (SSSR count). The standard InChI is InChI=1S/C17H18F3N3O3.HI/c1-24-14-7-6-10(8-15(14)25-2)23-17(21)22-9-11-12(18)4-3-5-13(11)26-16(19)20;/h3-8,16H,9H2,1-2H3,(H3,21,22,23);1H. The number of methoxy groups -OCH3 is 2. The SMILES string of the molecule is COc1ccc(NC(N)=NCc2c(F)cccc2OC(F)F)cc1OC.I. The zero-order valence-electron chi connectivity index (χ0n) is 14.5. The number of rotatable bonds is 7. The normalized spacial score (nSPS) is 11.0. The van der Waals surface area contributed by atoms with Crippen LogP contribution >= 0.6 is 24.0 Å². The highest BCUT2D eigenvalue weighted by Crippen LogP contribution is 2.29. The van der Waals surface area contributed by atoms with Crippen LogP contribution in [0.1, 0.15) is 5.56 Å². The minimum absolute atomic E-state index is 0. The number of nitrogens with zero attached hydrogens (tertiary/aromatic N) is 1. The summed E-state index contributed by atoms with van der Waals surface area (Å²) in [5, 5.41) is 2.80. The van der Waals surface area contributed by atoms with Crippen LogP contribution in [0.5, 0.6) is 17.2 Å². The van der Waals surface area contributed by atoms with Crippen molar-refractivity contribution in [1.82, 2.24) is 0 Å². The predicted molar refractivity (Wildman–Crippen MR) is 107 cm³/mol. The molecule has 2 aromatic rings. The molecule has 0 fully saturated rings. The first kappa shape index (κ1) is 22.7. The number of nitrogens with one attached hydrogen (secondary N) is 1. The molecule has 0 radical (unpaired) electrons. The van der Waals surface area contributed by atoms with Crippen LogP contribution in [0, 0.1) is 5.82 Å². The highest BCUT2D eigenvalue weighted by Gasteiger charge is 2.13. The summed E-state index contributed by atoms with van der Waals surface area (Å²) in [5.41, 5.74) is 6.21. The molecular weight excluding hydrogens is 478 g/mol. The lowest BCUT2D eigenvalue weighted by molar-refractivity contribution is -0.0506. The van der Waals surface area contributed by atoms with Crippen molar-refractivity contribution in [2.75, 3.05) is 19.5 Å². The van der Waals surface area contributed by atoms with Gasteiger partial charge in [0.2, 0.25) is 0 Å². The first-order valence-corrected chi connectivity index (χ1v) is 7.45. The predicted octanol–water partition coefficient (Wildman–Crippen LogP) is 3.99. The van der Waals surface area contributed by atoms with Crippen LogP contribution in [0.15, 0.2) is 41.4 Å². The van der Waals surface area contributed by atoms with E-state index in [1.54, 1.807) is 18.2 Å². The van der Waals surface area contributed by atoms with Crippen LogP contribution in [-0.4, -0.2) is 26.8 Å². The molecule has 0 aliphatic rings. The Labute approximate surface area is 171 Å². The number of hydrogen-bond donors (Lipinski definition) is 2. The number of aliphatic imine (C=N–C) groups is 1. The fraction of sp³-hybridized carbons (Fsp3) is 0.235. The van der Waals surface area contributed by atoms with Crippen LogP contribution in [0.2, 0.25) is 0 Å². The Bertz CT molecular complexity index is 791. The molecule has 148 valence electrons. The Morgan fingerprint density at radius 3 is 2.44 bits per heavy atom. The Morgan fingerprint density at radius 2 is 1.81 bits per heavy atom. The molecule has 0 aromatic heterocycles. The first-order valence-electron chi connectivity index (χ1n) is 7.45. The molecule has 0 atom stereocenters. The van der Waals surface area contributed by atoms with Crippen LogP contribution in [-0.2, 0) is 6.54 Å². The van der Waals surface area contributed by atoms with Gasteiger partial charge >= 0.3 is 6.61 Å². The van der Waals surface area contributed by atoms with Gasteiger partial charge in [-0.1, -0.05) is 6.07 Å². The van der Waals surface area contributed by atoms with Crippen molar-refractivity contribution in [2.45, 2.75) is 13.2 Å². The number of alkyl halides is 2. The number of anilines is 1. The quantitative estimate of drug-likeness (QED) is 0.344. The number of guanidine groups is 1. The van der Waals surface area contributed by atoms with Crippen LogP contribution in [0.4, 0.5) is 18.9 Å². The molecule has 0 saturated heterocycles. The van der Waals surface area contributed by atoms with E-state index in [1.165, 1.54) is 26.4 Å². The van der Waals surface area contributed by atoms with Crippen molar-refractivity contribution >= 4 is 35.6 Å². The lowest BCUT2D eigenvalue weighted by atomic mass is 10.2. The summed E-state index contributed by atoms with van der Waals surface area (Å²) in [7, 11) is 3.00. The number of nitrogens with two attached hydrogens (primary N) is 1. The molecule has 0 unspecified atom stereocenters. The summed E-state index contributed by atoms with van der Waals surface area (Å²) in [4.78, 5) is 3.96. The third-order valence-corrected chi connectivity index (χ3v) is 3.36. The van der Waals surface area contributed by atoms with Gasteiger partial charge in [0.15, 0.2) is 17.5 Å². The summed E-state index contributed by atoms with van der Waals surface area (Å²) in [5.74, 6) is -0.0299. The topological polar surface area (TPSA) is 78.1 Å². The number of hydrogen-bond acceptors (Lipinski definition) is 4. The molecule has 10 heteroatoms. The Balaban J connectivity index is 0.00000364. The number of ether oxygens (including phenoxy) is 3. The monoisotopic (exact) mass is 497 g/mol. The van der Waals surface area contributed by atoms with E-state index in [0.29, 0.717) is 17.2 Å². The van der Waals surface area contributed by atoms with E-state index in [-0.39, 0.29) is 47.8 Å². The molecule has 0 heterocycles. The molecule has 0 aliphatic carbocycles.